The molecule has 0 aliphatic carbocycles. The van der Waals surface area contributed by atoms with Gasteiger partial charge in [-0.2, -0.15) is 0 Å². The van der Waals surface area contributed by atoms with E-state index in [0.29, 0.717) is 5.56 Å². The van der Waals surface area contributed by atoms with Crippen LogP contribution in [0.4, 0.5) is 4.39 Å². The third-order valence-electron chi connectivity index (χ3n) is 3.30. The standard InChI is InChI=1S/C14H14FN3O4/c1-14(2,13(21)22)18-10(11(12(19)20)16-17-18)7-8-3-5-9(15)6-4-8/h3-6H,7H2,1-2H3,(H,19,20)(H,21,22). The van der Waals surface area contributed by atoms with Crippen LogP contribution in [0, 0.1) is 5.82 Å². The topological polar surface area (TPSA) is 105 Å². The largest absolute Gasteiger partial charge is 0.479 e. The van der Waals surface area contributed by atoms with Crippen molar-refractivity contribution in [1.82, 2.24) is 15.0 Å². The molecule has 1 heterocycles. The summed E-state index contributed by atoms with van der Waals surface area (Å²) < 4.78 is 14.0. The van der Waals surface area contributed by atoms with E-state index < -0.39 is 23.3 Å². The Bertz CT molecular complexity index is 722. The van der Waals surface area contributed by atoms with Crippen LogP contribution in [-0.4, -0.2) is 37.1 Å². The van der Waals surface area contributed by atoms with Gasteiger partial charge in [0.05, 0.1) is 5.69 Å². The maximum atomic E-state index is 12.9. The Labute approximate surface area is 125 Å². The first-order chi connectivity index (χ1) is 10.2. The first-order valence-corrected chi connectivity index (χ1v) is 6.39. The van der Waals surface area contributed by atoms with E-state index in [-0.39, 0.29) is 17.8 Å². The van der Waals surface area contributed by atoms with Crippen molar-refractivity contribution in [1.29, 1.82) is 0 Å². The molecule has 0 bridgehead atoms. The van der Waals surface area contributed by atoms with Gasteiger partial charge in [0.2, 0.25) is 0 Å². The molecule has 0 radical (unpaired) electrons. The van der Waals surface area contributed by atoms with Crippen molar-refractivity contribution in [3.63, 3.8) is 0 Å². The SMILES string of the molecule is CC(C)(C(=O)O)n1nnc(C(=O)O)c1Cc1ccc(F)cc1. The molecule has 0 aliphatic rings. The van der Waals surface area contributed by atoms with Crippen LogP contribution in [0.25, 0.3) is 0 Å². The van der Waals surface area contributed by atoms with Crippen LogP contribution < -0.4 is 0 Å². The van der Waals surface area contributed by atoms with Gasteiger partial charge in [0.15, 0.2) is 11.2 Å². The molecule has 8 heteroatoms. The summed E-state index contributed by atoms with van der Waals surface area (Å²) in [5.41, 5.74) is -1.02. The Kier molecular flexibility index (Phi) is 3.94. The van der Waals surface area contributed by atoms with Gasteiger partial charge in [0.1, 0.15) is 5.82 Å². The molecule has 2 rings (SSSR count). The van der Waals surface area contributed by atoms with Gasteiger partial charge in [-0.1, -0.05) is 17.3 Å². The molecule has 0 atom stereocenters. The Balaban J connectivity index is 2.52. The number of aromatic carboxylic acids is 1. The van der Waals surface area contributed by atoms with E-state index in [1.807, 2.05) is 0 Å². The molecule has 0 saturated carbocycles. The minimum Gasteiger partial charge on any atom is -0.479 e. The number of halogens is 1. The average molecular weight is 307 g/mol. The Morgan fingerprint density at radius 1 is 1.23 bits per heavy atom. The molecule has 116 valence electrons. The molecular weight excluding hydrogens is 293 g/mol. The lowest BCUT2D eigenvalue weighted by Gasteiger charge is -2.21. The quantitative estimate of drug-likeness (QED) is 0.867. The van der Waals surface area contributed by atoms with E-state index in [4.69, 9.17) is 0 Å². The number of aromatic nitrogens is 3. The Morgan fingerprint density at radius 3 is 2.32 bits per heavy atom. The first kappa shape index (κ1) is 15.6. The number of rotatable bonds is 5. The zero-order valence-corrected chi connectivity index (χ0v) is 11.9. The number of nitrogens with zero attached hydrogens (tertiary/aromatic N) is 3. The fourth-order valence-electron chi connectivity index (χ4n) is 1.96. The zero-order chi connectivity index (χ0) is 16.5. The van der Waals surface area contributed by atoms with Gasteiger partial charge in [-0.3, -0.25) is 0 Å². The second kappa shape index (κ2) is 5.55. The zero-order valence-electron chi connectivity index (χ0n) is 11.9. The number of hydrogen-bond donors (Lipinski definition) is 2. The van der Waals surface area contributed by atoms with Gasteiger partial charge in [0, 0.05) is 6.42 Å². The van der Waals surface area contributed by atoms with Crippen molar-refractivity contribution in [3.8, 4) is 0 Å². The van der Waals surface area contributed by atoms with Gasteiger partial charge in [-0.05, 0) is 31.5 Å². The lowest BCUT2D eigenvalue weighted by Crippen LogP contribution is -2.38. The second-order valence-corrected chi connectivity index (χ2v) is 5.27. The minimum atomic E-state index is -1.46. The third-order valence-corrected chi connectivity index (χ3v) is 3.30. The molecule has 22 heavy (non-hydrogen) atoms. The normalized spacial score (nSPS) is 11.4. The van der Waals surface area contributed by atoms with Gasteiger partial charge >= 0.3 is 11.9 Å². The summed E-state index contributed by atoms with van der Waals surface area (Å²) in [6.45, 7) is 2.79. The van der Waals surface area contributed by atoms with Crippen molar-refractivity contribution in [2.24, 2.45) is 0 Å². The van der Waals surface area contributed by atoms with Crippen LogP contribution in [0.3, 0.4) is 0 Å². The molecule has 0 fully saturated rings. The highest BCUT2D eigenvalue weighted by Crippen LogP contribution is 2.21. The minimum absolute atomic E-state index is 0.0750. The van der Waals surface area contributed by atoms with Crippen molar-refractivity contribution >= 4 is 11.9 Å². The molecular formula is C14H14FN3O4. The summed E-state index contributed by atoms with van der Waals surface area (Å²) >= 11 is 0. The number of carboxylic acid groups (broad SMARTS) is 2. The maximum absolute atomic E-state index is 12.9. The third kappa shape index (κ3) is 2.80. The molecule has 0 amide bonds. The van der Waals surface area contributed by atoms with Crippen LogP contribution in [0.1, 0.15) is 35.6 Å². The van der Waals surface area contributed by atoms with E-state index in [2.05, 4.69) is 10.3 Å². The number of aliphatic carboxylic acids is 1. The van der Waals surface area contributed by atoms with Crippen LogP contribution in [-0.2, 0) is 16.8 Å². The van der Waals surface area contributed by atoms with Gasteiger partial charge in [-0.15, -0.1) is 5.10 Å². The number of carboxylic acids is 2. The highest BCUT2D eigenvalue weighted by Gasteiger charge is 2.35. The first-order valence-electron chi connectivity index (χ1n) is 6.39. The van der Waals surface area contributed by atoms with Gasteiger partial charge in [-0.25, -0.2) is 18.7 Å². The van der Waals surface area contributed by atoms with E-state index >= 15 is 0 Å². The molecule has 0 unspecified atom stereocenters. The molecule has 0 spiro atoms. The smallest absolute Gasteiger partial charge is 0.358 e. The van der Waals surface area contributed by atoms with Crippen molar-refractivity contribution in [3.05, 3.63) is 47.0 Å². The fraction of sp³-hybridized carbons (Fsp3) is 0.286. The monoisotopic (exact) mass is 307 g/mol. The predicted octanol–water partition coefficient (Wildman–Crippen LogP) is 1.53. The second-order valence-electron chi connectivity index (χ2n) is 5.27. The molecule has 0 saturated heterocycles. The van der Waals surface area contributed by atoms with Gasteiger partial charge in [0.25, 0.3) is 0 Å². The van der Waals surface area contributed by atoms with Crippen LogP contribution >= 0.6 is 0 Å². The summed E-state index contributed by atoms with van der Waals surface area (Å²) in [5, 5.41) is 25.7. The van der Waals surface area contributed by atoms with Crippen molar-refractivity contribution in [2.75, 3.05) is 0 Å². The lowest BCUT2D eigenvalue weighted by molar-refractivity contribution is -0.146. The van der Waals surface area contributed by atoms with E-state index in [9.17, 15) is 24.2 Å². The van der Waals surface area contributed by atoms with E-state index in [1.165, 1.54) is 38.1 Å². The molecule has 2 N–H and O–H groups in total. The highest BCUT2D eigenvalue weighted by molar-refractivity contribution is 5.87. The predicted molar refractivity (Wildman–Crippen MR) is 73.1 cm³/mol. The molecule has 1 aromatic heterocycles. The highest BCUT2D eigenvalue weighted by atomic mass is 19.1. The molecule has 2 aromatic rings. The van der Waals surface area contributed by atoms with Gasteiger partial charge < -0.3 is 10.2 Å². The number of benzene rings is 1. The van der Waals surface area contributed by atoms with Crippen LogP contribution in [0.15, 0.2) is 24.3 Å². The van der Waals surface area contributed by atoms with Crippen molar-refractivity contribution < 1.29 is 24.2 Å². The number of carbonyl (C=O) groups is 2. The summed E-state index contributed by atoms with van der Waals surface area (Å²) in [6, 6.07) is 5.47. The summed E-state index contributed by atoms with van der Waals surface area (Å²) in [6.07, 6.45) is 0.0750. The van der Waals surface area contributed by atoms with E-state index in [0.717, 1.165) is 4.68 Å². The average Bonchev–Trinajstić information content (AvgIpc) is 2.85. The Morgan fingerprint density at radius 2 is 1.82 bits per heavy atom. The molecule has 0 aliphatic heterocycles. The Hall–Kier alpha value is -2.77. The summed E-state index contributed by atoms with van der Waals surface area (Å²) in [7, 11) is 0. The summed E-state index contributed by atoms with van der Waals surface area (Å²) in [5.74, 6) is -2.89. The maximum Gasteiger partial charge on any atom is 0.358 e. The lowest BCUT2D eigenvalue weighted by atomic mass is 10.0. The fourth-order valence-corrected chi connectivity index (χ4v) is 1.96. The molecule has 7 nitrogen and oxygen atoms in total. The number of hydrogen-bond acceptors (Lipinski definition) is 4. The van der Waals surface area contributed by atoms with E-state index in [1.54, 1.807) is 0 Å². The van der Waals surface area contributed by atoms with Crippen LogP contribution in [0.2, 0.25) is 0 Å². The van der Waals surface area contributed by atoms with Crippen molar-refractivity contribution in [2.45, 2.75) is 25.8 Å². The van der Waals surface area contributed by atoms with Crippen LogP contribution in [0.5, 0.6) is 0 Å². The summed E-state index contributed by atoms with van der Waals surface area (Å²) in [4.78, 5) is 22.6. The molecule has 1 aromatic carbocycles.